The Balaban J connectivity index is 1.20. The van der Waals surface area contributed by atoms with Gasteiger partial charge in [-0.3, -0.25) is 9.69 Å². The number of nitrogens with zero attached hydrogens (tertiary/aromatic N) is 4. The monoisotopic (exact) mass is 448 g/mol. The van der Waals surface area contributed by atoms with Crippen molar-refractivity contribution < 1.29 is 9.53 Å². The SMILES string of the molecule is O=C(N1CCCC(CN2CCN(c3ccccn3)CC2)C1)C1(c2ccccc2)CCOCC1. The molecular weight excluding hydrogens is 412 g/mol. The molecule has 1 amide bonds. The summed E-state index contributed by atoms with van der Waals surface area (Å²) in [4.78, 5) is 25.6. The largest absolute Gasteiger partial charge is 0.381 e. The number of hydrogen-bond donors (Lipinski definition) is 0. The van der Waals surface area contributed by atoms with E-state index in [1.54, 1.807) is 0 Å². The summed E-state index contributed by atoms with van der Waals surface area (Å²) in [5.41, 5.74) is 0.737. The van der Waals surface area contributed by atoms with E-state index in [-0.39, 0.29) is 0 Å². The van der Waals surface area contributed by atoms with E-state index in [0.29, 0.717) is 25.0 Å². The molecule has 3 aliphatic rings. The Morgan fingerprint density at radius 1 is 0.970 bits per heavy atom. The van der Waals surface area contributed by atoms with Crippen LogP contribution in [-0.2, 0) is 14.9 Å². The molecule has 0 bridgehead atoms. The lowest BCUT2D eigenvalue weighted by atomic mass is 9.72. The van der Waals surface area contributed by atoms with Crippen LogP contribution in [0.25, 0.3) is 0 Å². The molecule has 3 fully saturated rings. The van der Waals surface area contributed by atoms with Gasteiger partial charge in [0.2, 0.25) is 5.91 Å². The van der Waals surface area contributed by atoms with Crippen LogP contribution in [0.1, 0.15) is 31.2 Å². The molecule has 1 aromatic heterocycles. The van der Waals surface area contributed by atoms with Gasteiger partial charge in [0.25, 0.3) is 0 Å². The fourth-order valence-electron chi connectivity index (χ4n) is 5.87. The van der Waals surface area contributed by atoms with Gasteiger partial charge in [-0.25, -0.2) is 4.98 Å². The Kier molecular flexibility index (Phi) is 6.93. The zero-order valence-electron chi connectivity index (χ0n) is 19.6. The van der Waals surface area contributed by atoms with E-state index in [9.17, 15) is 4.79 Å². The molecule has 1 atom stereocenters. The lowest BCUT2D eigenvalue weighted by Gasteiger charge is -2.44. The Labute approximate surface area is 197 Å². The minimum atomic E-state index is -0.421. The molecule has 6 nitrogen and oxygen atoms in total. The molecule has 3 saturated heterocycles. The summed E-state index contributed by atoms with van der Waals surface area (Å²) in [7, 11) is 0. The maximum absolute atomic E-state index is 14.0. The highest BCUT2D eigenvalue weighted by atomic mass is 16.5. The van der Waals surface area contributed by atoms with E-state index < -0.39 is 5.41 Å². The Bertz CT molecular complexity index is 893. The van der Waals surface area contributed by atoms with Crippen LogP contribution in [0.15, 0.2) is 54.7 Å². The van der Waals surface area contributed by atoms with Crippen molar-refractivity contribution in [1.29, 1.82) is 0 Å². The van der Waals surface area contributed by atoms with Gasteiger partial charge in [0, 0.05) is 65.2 Å². The number of likely N-dealkylation sites (tertiary alicyclic amines) is 1. The van der Waals surface area contributed by atoms with Crippen molar-refractivity contribution in [3.63, 3.8) is 0 Å². The third-order valence-electron chi connectivity index (χ3n) is 7.75. The molecule has 0 radical (unpaired) electrons. The van der Waals surface area contributed by atoms with Crippen LogP contribution in [-0.4, -0.2) is 79.7 Å². The number of carbonyl (C=O) groups excluding carboxylic acids is 1. The number of rotatable bonds is 5. The molecule has 176 valence electrons. The molecule has 5 rings (SSSR count). The van der Waals surface area contributed by atoms with Gasteiger partial charge >= 0.3 is 0 Å². The van der Waals surface area contributed by atoms with Gasteiger partial charge in [-0.15, -0.1) is 0 Å². The third kappa shape index (κ3) is 4.92. The molecule has 4 heterocycles. The molecule has 0 saturated carbocycles. The topological polar surface area (TPSA) is 48.9 Å². The number of anilines is 1. The summed E-state index contributed by atoms with van der Waals surface area (Å²) in [6.45, 7) is 8.34. The number of amides is 1. The summed E-state index contributed by atoms with van der Waals surface area (Å²) in [6, 6.07) is 16.5. The number of hydrogen-bond acceptors (Lipinski definition) is 5. The first-order valence-corrected chi connectivity index (χ1v) is 12.6. The highest BCUT2D eigenvalue weighted by molar-refractivity contribution is 5.88. The van der Waals surface area contributed by atoms with Crippen molar-refractivity contribution in [2.75, 3.05) is 63.9 Å². The van der Waals surface area contributed by atoms with Crippen molar-refractivity contribution in [3.8, 4) is 0 Å². The molecular formula is C27H36N4O2. The van der Waals surface area contributed by atoms with Gasteiger partial charge in [0.1, 0.15) is 5.82 Å². The standard InChI is InChI=1S/C27H36N4O2/c32-26(27(11-19-33-20-12-27)24-8-2-1-3-9-24)31-14-6-7-23(22-31)21-29-15-17-30(18-16-29)25-10-4-5-13-28-25/h1-5,8-10,13,23H,6-7,11-12,14-22H2. The second kappa shape index (κ2) is 10.2. The smallest absolute Gasteiger partial charge is 0.233 e. The van der Waals surface area contributed by atoms with E-state index in [1.807, 2.05) is 18.3 Å². The van der Waals surface area contributed by atoms with E-state index in [0.717, 1.165) is 76.5 Å². The van der Waals surface area contributed by atoms with Gasteiger partial charge in [0.15, 0.2) is 0 Å². The first-order chi connectivity index (χ1) is 16.2. The van der Waals surface area contributed by atoms with Crippen LogP contribution in [0.2, 0.25) is 0 Å². The fourth-order valence-corrected chi connectivity index (χ4v) is 5.87. The maximum atomic E-state index is 14.0. The van der Waals surface area contributed by atoms with Gasteiger partial charge in [0.05, 0.1) is 5.41 Å². The van der Waals surface area contributed by atoms with Crippen molar-refractivity contribution in [3.05, 3.63) is 60.3 Å². The molecule has 0 aliphatic carbocycles. The highest BCUT2D eigenvalue weighted by Crippen LogP contribution is 2.38. The van der Waals surface area contributed by atoms with Gasteiger partial charge in [-0.05, 0) is 49.3 Å². The molecule has 0 spiro atoms. The number of benzene rings is 1. The number of piperidine rings is 1. The number of pyridine rings is 1. The quantitative estimate of drug-likeness (QED) is 0.703. The third-order valence-corrected chi connectivity index (χ3v) is 7.75. The summed E-state index contributed by atoms with van der Waals surface area (Å²) >= 11 is 0. The summed E-state index contributed by atoms with van der Waals surface area (Å²) in [6.07, 6.45) is 5.76. The van der Waals surface area contributed by atoms with Crippen LogP contribution < -0.4 is 4.90 Å². The number of carbonyl (C=O) groups is 1. The van der Waals surface area contributed by atoms with E-state index in [1.165, 1.54) is 6.42 Å². The number of ether oxygens (including phenoxy) is 1. The predicted molar refractivity (Wildman–Crippen MR) is 130 cm³/mol. The van der Waals surface area contributed by atoms with Gasteiger partial charge in [-0.2, -0.15) is 0 Å². The average Bonchev–Trinajstić information content (AvgIpc) is 2.90. The second-order valence-corrected chi connectivity index (χ2v) is 9.80. The summed E-state index contributed by atoms with van der Waals surface area (Å²) in [5, 5.41) is 0. The van der Waals surface area contributed by atoms with Crippen LogP contribution >= 0.6 is 0 Å². The lowest BCUT2D eigenvalue weighted by molar-refractivity contribution is -0.143. The van der Waals surface area contributed by atoms with Gasteiger partial charge < -0.3 is 14.5 Å². The average molecular weight is 449 g/mol. The van der Waals surface area contributed by atoms with Crippen LogP contribution in [0.5, 0.6) is 0 Å². The first-order valence-electron chi connectivity index (χ1n) is 12.6. The predicted octanol–water partition coefficient (Wildman–Crippen LogP) is 3.19. The first kappa shape index (κ1) is 22.4. The minimum Gasteiger partial charge on any atom is -0.381 e. The second-order valence-electron chi connectivity index (χ2n) is 9.80. The number of aromatic nitrogens is 1. The Morgan fingerprint density at radius 2 is 1.73 bits per heavy atom. The summed E-state index contributed by atoms with van der Waals surface area (Å²) in [5.74, 6) is 1.95. The number of piperazine rings is 1. The molecule has 33 heavy (non-hydrogen) atoms. The summed E-state index contributed by atoms with van der Waals surface area (Å²) < 4.78 is 5.66. The Hall–Kier alpha value is -2.44. The highest BCUT2D eigenvalue weighted by Gasteiger charge is 2.44. The molecule has 0 N–H and O–H groups in total. The van der Waals surface area contributed by atoms with Crippen molar-refractivity contribution >= 4 is 11.7 Å². The fraction of sp³-hybridized carbons (Fsp3) is 0.556. The van der Waals surface area contributed by atoms with Crippen molar-refractivity contribution in [2.45, 2.75) is 31.1 Å². The zero-order chi connectivity index (χ0) is 22.5. The minimum absolute atomic E-state index is 0.321. The van der Waals surface area contributed by atoms with Crippen molar-refractivity contribution in [1.82, 2.24) is 14.8 Å². The maximum Gasteiger partial charge on any atom is 0.233 e. The van der Waals surface area contributed by atoms with Crippen LogP contribution in [0.3, 0.4) is 0 Å². The normalized spacial score (nSPS) is 23.9. The zero-order valence-corrected chi connectivity index (χ0v) is 19.6. The molecule has 1 unspecified atom stereocenters. The molecule has 3 aliphatic heterocycles. The Morgan fingerprint density at radius 3 is 2.45 bits per heavy atom. The molecule has 2 aromatic rings. The van der Waals surface area contributed by atoms with Crippen LogP contribution in [0, 0.1) is 5.92 Å². The van der Waals surface area contributed by atoms with Gasteiger partial charge in [-0.1, -0.05) is 36.4 Å². The lowest BCUT2D eigenvalue weighted by Crippen LogP contribution is -2.54. The van der Waals surface area contributed by atoms with E-state index >= 15 is 0 Å². The van der Waals surface area contributed by atoms with E-state index in [4.69, 9.17) is 4.74 Å². The van der Waals surface area contributed by atoms with E-state index in [2.05, 4.69) is 56.1 Å². The van der Waals surface area contributed by atoms with Crippen LogP contribution in [0.4, 0.5) is 5.82 Å². The molecule has 1 aromatic carbocycles. The molecule has 6 heteroatoms. The van der Waals surface area contributed by atoms with Crippen molar-refractivity contribution in [2.24, 2.45) is 5.92 Å².